The summed E-state index contributed by atoms with van der Waals surface area (Å²) in [5, 5.41) is 1.40. The zero-order chi connectivity index (χ0) is 48.4. The van der Waals surface area contributed by atoms with Gasteiger partial charge in [-0.1, -0.05) is 80.2 Å². The number of hydrogen-bond donors (Lipinski definition) is 0. The van der Waals surface area contributed by atoms with Crippen LogP contribution < -0.4 is 0 Å². The first-order chi connectivity index (χ1) is 30.4. The third kappa shape index (κ3) is 7.93. The van der Waals surface area contributed by atoms with Gasteiger partial charge in [-0.05, 0) is 121 Å². The molecule has 1 saturated carbocycles. The fourth-order valence-corrected chi connectivity index (χ4v) is 6.40. The van der Waals surface area contributed by atoms with E-state index >= 15 is 0 Å². The number of pyridine rings is 2. The van der Waals surface area contributed by atoms with E-state index in [1.54, 1.807) is 54.6 Å². The van der Waals surface area contributed by atoms with E-state index in [9.17, 15) is 1.37 Å². The second kappa shape index (κ2) is 15.1. The summed E-state index contributed by atoms with van der Waals surface area (Å²) >= 11 is 0. The van der Waals surface area contributed by atoms with Gasteiger partial charge in [0.15, 0.2) is 0 Å². The standard InChI is InChI=1S/C34H34NO.C13H12N.Ir/c1-21-9-11-27-28-7-6-8-29(33(28)36-32(27)17-21)31-19-30(23(3)20-35-31)26-12-10-25(18-22(26)2)24-13-15-34(4,5)16-14-24;1-10-3-6-12(7-4-10)13-8-5-11(2)9-14-13;/h6-7,9-12,17-20,24H,13-16H2,1-5H3;3-6,8-9H,1-2H3;/q2*-1;/i1D3,2D3,3D3,24D;1D3,2D3;. The molecular weight excluding hydrogens is 801 g/mol. The number of rotatable bonds is 4. The molecule has 0 amide bonds. The number of hydrogen-bond acceptors (Lipinski definition) is 3. The summed E-state index contributed by atoms with van der Waals surface area (Å²) in [6.45, 7) is -7.48. The van der Waals surface area contributed by atoms with Gasteiger partial charge in [0.2, 0.25) is 0 Å². The largest absolute Gasteiger partial charge is 0.501 e. The molecule has 4 aromatic carbocycles. The van der Waals surface area contributed by atoms with Gasteiger partial charge in [-0.15, -0.1) is 53.6 Å². The summed E-state index contributed by atoms with van der Waals surface area (Å²) < 4.78 is 132. The van der Waals surface area contributed by atoms with Crippen LogP contribution in [0, 0.1) is 51.8 Å². The van der Waals surface area contributed by atoms with E-state index in [0.29, 0.717) is 62.9 Å². The van der Waals surface area contributed by atoms with Crippen LogP contribution in [0.2, 0.25) is 0 Å². The SMILES string of the molecule is [2H]C([2H])([2H])c1c[c-]c(-c2ccc(C([2H])([2H])[2H])cn2)cc1.[2H]C([2H])([2H])c1ccc2c(c1)oc1c(-c3cc(-c4ccc(C5([2H])CCC(C)(C)CC5)cc4C([2H])([2H])[2H])c(C([2H])([2H])[2H])cn3)[c-]ccc12.[Ir]. The van der Waals surface area contributed by atoms with Crippen LogP contribution in [0.4, 0.5) is 0 Å². The minimum absolute atomic E-state index is 0. The Morgan fingerprint density at radius 3 is 2.24 bits per heavy atom. The summed E-state index contributed by atoms with van der Waals surface area (Å²) in [6, 6.07) is 28.3. The summed E-state index contributed by atoms with van der Waals surface area (Å²) in [7, 11) is 0. The van der Waals surface area contributed by atoms with Crippen molar-refractivity contribution in [2.75, 3.05) is 0 Å². The smallest absolute Gasteiger partial charge is 0.121 e. The zero-order valence-corrected chi connectivity index (χ0v) is 30.6. The molecule has 3 nitrogen and oxygen atoms in total. The first-order valence-corrected chi connectivity index (χ1v) is 16.5. The summed E-state index contributed by atoms with van der Waals surface area (Å²) in [5.74, 6) is -0.935. The monoisotopic (exact) mass is 863 g/mol. The number of nitrogens with zero attached hydrogens (tertiary/aromatic N) is 2. The average Bonchev–Trinajstić information content (AvgIpc) is 3.62. The third-order valence-corrected chi connectivity index (χ3v) is 9.37. The predicted octanol–water partition coefficient (Wildman–Crippen LogP) is 12.9. The van der Waals surface area contributed by atoms with E-state index in [4.69, 9.17) is 25.0 Å². The predicted molar refractivity (Wildman–Crippen MR) is 208 cm³/mol. The van der Waals surface area contributed by atoms with E-state index in [1.165, 1.54) is 42.7 Å². The number of furan rings is 1. The van der Waals surface area contributed by atoms with Crippen molar-refractivity contribution in [3.05, 3.63) is 143 Å². The van der Waals surface area contributed by atoms with Crippen LogP contribution in [0.5, 0.6) is 0 Å². The van der Waals surface area contributed by atoms with Crippen LogP contribution in [-0.2, 0) is 20.1 Å². The fourth-order valence-electron chi connectivity index (χ4n) is 6.40. The molecule has 7 aromatic rings. The van der Waals surface area contributed by atoms with Gasteiger partial charge in [0.25, 0.3) is 0 Å². The molecule has 1 aliphatic carbocycles. The minimum Gasteiger partial charge on any atom is -0.501 e. The van der Waals surface area contributed by atoms with Crippen molar-refractivity contribution >= 4 is 21.9 Å². The molecule has 1 fully saturated rings. The van der Waals surface area contributed by atoms with Crippen molar-refractivity contribution in [2.24, 2.45) is 5.41 Å². The van der Waals surface area contributed by atoms with E-state index in [1.807, 2.05) is 0 Å². The number of aryl methyl sites for hydroxylation is 5. The van der Waals surface area contributed by atoms with Crippen molar-refractivity contribution in [3.8, 4) is 33.6 Å². The maximum Gasteiger partial charge on any atom is 0.121 e. The molecule has 0 atom stereocenters. The van der Waals surface area contributed by atoms with Crippen LogP contribution in [0.3, 0.4) is 0 Å². The average molecular weight is 863 g/mol. The van der Waals surface area contributed by atoms with Crippen LogP contribution in [-0.4, -0.2) is 9.97 Å². The molecule has 8 rings (SSSR count). The Labute approximate surface area is 339 Å². The Kier molecular flexibility index (Phi) is 6.28. The van der Waals surface area contributed by atoms with Crippen molar-refractivity contribution in [1.82, 2.24) is 9.97 Å². The molecule has 3 aromatic heterocycles. The van der Waals surface area contributed by atoms with Crippen molar-refractivity contribution < 1.29 is 46.5 Å². The van der Waals surface area contributed by atoms with Gasteiger partial charge < -0.3 is 14.4 Å². The molecular formula is C47H46IrN2O-2. The molecule has 0 unspecified atom stereocenters. The van der Waals surface area contributed by atoms with Gasteiger partial charge in [0.05, 0.1) is 5.58 Å². The molecule has 4 heteroatoms. The molecule has 51 heavy (non-hydrogen) atoms. The maximum absolute atomic E-state index is 9.24. The van der Waals surface area contributed by atoms with Gasteiger partial charge in [-0.3, -0.25) is 0 Å². The normalized spacial score (nSPS) is 20.7. The number of aromatic nitrogens is 2. The first kappa shape index (κ1) is 21.2. The van der Waals surface area contributed by atoms with Crippen molar-refractivity contribution in [3.63, 3.8) is 0 Å². The van der Waals surface area contributed by atoms with Gasteiger partial charge in [0.1, 0.15) is 5.58 Å². The number of benzene rings is 4. The second-order valence-corrected chi connectivity index (χ2v) is 13.5. The molecule has 0 N–H and O–H groups in total. The molecule has 0 spiro atoms. The van der Waals surface area contributed by atoms with Crippen LogP contribution in [0.1, 0.15) is 101 Å². The molecule has 1 radical (unpaired) electrons. The Bertz CT molecular complexity index is 2830. The second-order valence-electron chi connectivity index (χ2n) is 13.5. The Balaban J connectivity index is 0.000000296. The first-order valence-electron chi connectivity index (χ1n) is 24.5. The van der Waals surface area contributed by atoms with E-state index in [-0.39, 0.29) is 64.5 Å². The molecule has 1 aliphatic rings. The van der Waals surface area contributed by atoms with Crippen molar-refractivity contribution in [1.29, 1.82) is 0 Å². The third-order valence-electron chi connectivity index (χ3n) is 9.37. The Hall–Kier alpha value is -4.37. The number of fused-ring (bicyclic) bond motifs is 3. The van der Waals surface area contributed by atoms with Crippen LogP contribution >= 0.6 is 0 Å². The van der Waals surface area contributed by atoms with Crippen molar-refractivity contribution in [2.45, 2.75) is 79.7 Å². The van der Waals surface area contributed by atoms with E-state index < -0.39 is 40.2 Å². The van der Waals surface area contributed by atoms with Gasteiger partial charge in [0, 0.05) is 59.8 Å². The zero-order valence-electron chi connectivity index (χ0n) is 44.2. The summed E-state index contributed by atoms with van der Waals surface area (Å²) in [5.41, 5.74) is 4.22. The summed E-state index contributed by atoms with van der Waals surface area (Å²) in [6.07, 6.45) is 5.44. The van der Waals surface area contributed by atoms with E-state index in [2.05, 4.69) is 35.9 Å². The van der Waals surface area contributed by atoms with Gasteiger partial charge >= 0.3 is 0 Å². The van der Waals surface area contributed by atoms with Gasteiger partial charge in [-0.25, -0.2) is 0 Å². The van der Waals surface area contributed by atoms with Crippen LogP contribution in [0.15, 0.2) is 102 Å². The quantitative estimate of drug-likeness (QED) is 0.166. The molecule has 0 bridgehead atoms. The topological polar surface area (TPSA) is 38.9 Å². The maximum atomic E-state index is 9.24. The summed E-state index contributed by atoms with van der Waals surface area (Å²) in [4.78, 5) is 8.55. The van der Waals surface area contributed by atoms with Crippen LogP contribution in [0.25, 0.3) is 55.6 Å². The molecule has 3 heterocycles. The van der Waals surface area contributed by atoms with Gasteiger partial charge in [-0.2, -0.15) is 0 Å². The fraction of sp³-hybridized carbons (Fsp3) is 0.277. The molecule has 0 aliphatic heterocycles. The van der Waals surface area contributed by atoms with E-state index in [0.717, 1.165) is 12.8 Å². The Morgan fingerprint density at radius 1 is 0.725 bits per heavy atom. The molecule has 261 valence electrons. The minimum atomic E-state index is -2.60. The molecule has 0 saturated heterocycles. The Morgan fingerprint density at radius 2 is 1.51 bits per heavy atom.